The van der Waals surface area contributed by atoms with Crippen LogP contribution in [-0.4, -0.2) is 35.5 Å². The van der Waals surface area contributed by atoms with E-state index in [2.05, 4.69) is 13.8 Å². The Labute approximate surface area is 115 Å². The number of hydrogen-bond donors (Lipinski definition) is 2. The highest BCUT2D eigenvalue weighted by atomic mass is 16.6. The molecule has 0 aromatic rings. The quantitative estimate of drug-likeness (QED) is 0.796. The predicted molar refractivity (Wildman–Crippen MR) is 71.3 cm³/mol. The van der Waals surface area contributed by atoms with E-state index in [9.17, 15) is 15.0 Å². The van der Waals surface area contributed by atoms with Crippen LogP contribution in [0.1, 0.15) is 40.0 Å². The summed E-state index contributed by atoms with van der Waals surface area (Å²) in [7, 11) is 0. The first-order chi connectivity index (χ1) is 8.90. The first kappa shape index (κ1) is 14.9. The number of carbonyl (C=O) groups excluding carboxylic acids is 1. The van der Waals surface area contributed by atoms with E-state index in [-0.39, 0.29) is 17.8 Å². The molecule has 2 fully saturated rings. The fourth-order valence-corrected chi connectivity index (χ4v) is 4.00. The molecule has 0 radical (unpaired) electrons. The number of Topliss-reactive ketones (excluding diaryl/α,β-unsaturated/α-hetero) is 1. The SMILES string of the molecule is CC(=O)CC[C@@H]1[C@@H]([C@H]2C[C@H](O)OC[C@H]2C)[C@@]1(C)CO. The lowest BCUT2D eigenvalue weighted by atomic mass is 9.82. The maximum atomic E-state index is 11.2. The van der Waals surface area contributed by atoms with Gasteiger partial charge in [0.25, 0.3) is 0 Å². The molecule has 0 bridgehead atoms. The van der Waals surface area contributed by atoms with Crippen LogP contribution < -0.4 is 0 Å². The van der Waals surface area contributed by atoms with Crippen LogP contribution in [0.4, 0.5) is 0 Å². The molecule has 1 aliphatic heterocycles. The molecule has 1 saturated carbocycles. The van der Waals surface area contributed by atoms with Gasteiger partial charge in [0.05, 0.1) is 6.61 Å². The van der Waals surface area contributed by atoms with E-state index in [1.807, 2.05) is 0 Å². The minimum Gasteiger partial charge on any atom is -0.396 e. The van der Waals surface area contributed by atoms with Crippen LogP contribution in [0.25, 0.3) is 0 Å². The molecule has 2 rings (SSSR count). The Hall–Kier alpha value is -0.450. The van der Waals surface area contributed by atoms with Gasteiger partial charge in [-0.15, -0.1) is 0 Å². The first-order valence-corrected chi connectivity index (χ1v) is 7.30. The van der Waals surface area contributed by atoms with Crippen molar-refractivity contribution in [2.24, 2.45) is 29.1 Å². The molecule has 6 atom stereocenters. The highest BCUT2D eigenvalue weighted by molar-refractivity contribution is 5.75. The second-order valence-corrected chi connectivity index (χ2v) is 6.70. The molecule has 0 amide bonds. The Bertz CT molecular complexity index is 343. The highest BCUT2D eigenvalue weighted by Crippen LogP contribution is 2.66. The Morgan fingerprint density at radius 1 is 1.47 bits per heavy atom. The summed E-state index contributed by atoms with van der Waals surface area (Å²) in [5.74, 6) is 1.81. The number of aliphatic hydroxyl groups is 2. The summed E-state index contributed by atoms with van der Waals surface area (Å²) in [5.41, 5.74) is -0.0779. The summed E-state index contributed by atoms with van der Waals surface area (Å²) < 4.78 is 5.27. The molecular formula is C15H26O4. The lowest BCUT2D eigenvalue weighted by molar-refractivity contribution is -0.161. The third-order valence-corrected chi connectivity index (χ3v) is 5.30. The van der Waals surface area contributed by atoms with Gasteiger partial charge in [-0.05, 0) is 42.4 Å². The maximum Gasteiger partial charge on any atom is 0.154 e. The zero-order valence-electron chi connectivity index (χ0n) is 12.1. The summed E-state index contributed by atoms with van der Waals surface area (Å²) in [6.07, 6.45) is 1.43. The predicted octanol–water partition coefficient (Wildman–Crippen LogP) is 1.59. The van der Waals surface area contributed by atoms with E-state index in [4.69, 9.17) is 4.74 Å². The fourth-order valence-electron chi connectivity index (χ4n) is 4.00. The van der Waals surface area contributed by atoms with Crippen molar-refractivity contribution in [3.63, 3.8) is 0 Å². The van der Waals surface area contributed by atoms with Gasteiger partial charge < -0.3 is 19.7 Å². The third-order valence-electron chi connectivity index (χ3n) is 5.30. The average molecular weight is 270 g/mol. The van der Waals surface area contributed by atoms with Gasteiger partial charge in [0.2, 0.25) is 0 Å². The van der Waals surface area contributed by atoms with Gasteiger partial charge in [-0.25, -0.2) is 0 Å². The number of ketones is 1. The number of hydrogen-bond acceptors (Lipinski definition) is 4. The van der Waals surface area contributed by atoms with Crippen LogP contribution in [0.2, 0.25) is 0 Å². The van der Waals surface area contributed by atoms with Gasteiger partial charge in [0, 0.05) is 19.4 Å². The van der Waals surface area contributed by atoms with Gasteiger partial charge in [0.1, 0.15) is 5.78 Å². The van der Waals surface area contributed by atoms with Gasteiger partial charge in [-0.2, -0.15) is 0 Å². The molecule has 4 nitrogen and oxygen atoms in total. The minimum absolute atomic E-state index is 0.0779. The lowest BCUT2D eigenvalue weighted by Gasteiger charge is -2.33. The normalized spacial score (nSPS) is 46.1. The van der Waals surface area contributed by atoms with Crippen LogP contribution in [-0.2, 0) is 9.53 Å². The Balaban J connectivity index is 2.03. The van der Waals surface area contributed by atoms with Crippen molar-refractivity contribution in [3.8, 4) is 0 Å². The molecule has 0 spiro atoms. The molecule has 0 unspecified atom stereocenters. The van der Waals surface area contributed by atoms with E-state index in [0.717, 1.165) is 6.42 Å². The number of aliphatic hydroxyl groups excluding tert-OH is 2. The number of rotatable bonds is 5. The first-order valence-electron chi connectivity index (χ1n) is 7.30. The molecule has 1 heterocycles. The molecular weight excluding hydrogens is 244 g/mol. The van der Waals surface area contributed by atoms with Gasteiger partial charge in [-0.3, -0.25) is 0 Å². The molecule has 1 saturated heterocycles. The molecule has 110 valence electrons. The molecule has 2 N–H and O–H groups in total. The van der Waals surface area contributed by atoms with Gasteiger partial charge >= 0.3 is 0 Å². The molecule has 19 heavy (non-hydrogen) atoms. The van der Waals surface area contributed by atoms with Crippen LogP contribution in [0.3, 0.4) is 0 Å². The second kappa shape index (κ2) is 5.51. The average Bonchev–Trinajstić information content (AvgIpc) is 2.95. The van der Waals surface area contributed by atoms with E-state index >= 15 is 0 Å². The largest absolute Gasteiger partial charge is 0.396 e. The zero-order valence-corrected chi connectivity index (χ0v) is 12.1. The van der Waals surface area contributed by atoms with E-state index in [0.29, 0.717) is 43.1 Å². The standard InChI is InChI=1S/C15H26O4/c1-9-7-19-13(18)6-11(9)14-12(5-4-10(2)17)15(14,3)8-16/h9,11-14,16,18H,4-8H2,1-3H3/t9-,11+,12-,13-,14-,15+/m1/s1. The number of carbonyl (C=O) groups is 1. The van der Waals surface area contributed by atoms with E-state index < -0.39 is 6.29 Å². The van der Waals surface area contributed by atoms with Crippen LogP contribution in [0.15, 0.2) is 0 Å². The third kappa shape index (κ3) is 2.86. The Kier molecular flexibility index (Phi) is 4.33. The van der Waals surface area contributed by atoms with Gasteiger partial charge in [-0.1, -0.05) is 13.8 Å². The zero-order chi connectivity index (χ0) is 14.2. The summed E-state index contributed by atoms with van der Waals surface area (Å²) in [6, 6.07) is 0. The van der Waals surface area contributed by atoms with Crippen molar-refractivity contribution in [3.05, 3.63) is 0 Å². The molecule has 0 aromatic carbocycles. The highest BCUT2D eigenvalue weighted by Gasteiger charge is 2.63. The Morgan fingerprint density at radius 3 is 2.74 bits per heavy atom. The van der Waals surface area contributed by atoms with Crippen molar-refractivity contribution in [2.45, 2.75) is 46.3 Å². The molecule has 1 aliphatic carbocycles. The van der Waals surface area contributed by atoms with Crippen molar-refractivity contribution >= 4 is 5.78 Å². The van der Waals surface area contributed by atoms with Crippen molar-refractivity contribution in [2.75, 3.05) is 13.2 Å². The van der Waals surface area contributed by atoms with Crippen molar-refractivity contribution in [1.29, 1.82) is 0 Å². The van der Waals surface area contributed by atoms with Crippen LogP contribution >= 0.6 is 0 Å². The number of ether oxygens (including phenoxy) is 1. The monoisotopic (exact) mass is 270 g/mol. The maximum absolute atomic E-state index is 11.2. The lowest BCUT2D eigenvalue weighted by Crippen LogP contribution is -2.34. The topological polar surface area (TPSA) is 66.8 Å². The van der Waals surface area contributed by atoms with Crippen molar-refractivity contribution < 1.29 is 19.7 Å². The summed E-state index contributed by atoms with van der Waals surface area (Å²) >= 11 is 0. The van der Waals surface area contributed by atoms with Crippen LogP contribution in [0.5, 0.6) is 0 Å². The summed E-state index contributed by atoms with van der Waals surface area (Å²) in [4.78, 5) is 11.2. The molecule has 2 aliphatic rings. The fraction of sp³-hybridized carbons (Fsp3) is 0.933. The minimum atomic E-state index is -0.668. The van der Waals surface area contributed by atoms with Crippen LogP contribution in [0, 0.1) is 29.1 Å². The molecule has 4 heteroatoms. The second-order valence-electron chi connectivity index (χ2n) is 6.70. The van der Waals surface area contributed by atoms with Crippen molar-refractivity contribution in [1.82, 2.24) is 0 Å². The smallest absolute Gasteiger partial charge is 0.154 e. The Morgan fingerprint density at radius 2 is 2.16 bits per heavy atom. The summed E-state index contributed by atoms with van der Waals surface area (Å²) in [5, 5.41) is 19.4. The van der Waals surface area contributed by atoms with E-state index in [1.54, 1.807) is 6.92 Å². The molecule has 0 aromatic heterocycles. The van der Waals surface area contributed by atoms with Gasteiger partial charge in [0.15, 0.2) is 6.29 Å². The summed E-state index contributed by atoms with van der Waals surface area (Å²) in [6.45, 7) is 6.63. The van der Waals surface area contributed by atoms with E-state index in [1.165, 1.54) is 0 Å².